The molecule has 1 fully saturated rings. The minimum atomic E-state index is -0.0618. The molecule has 1 saturated heterocycles. The molecule has 2 aliphatic rings. The summed E-state index contributed by atoms with van der Waals surface area (Å²) in [5.74, 6) is 2.89. The zero-order valence-electron chi connectivity index (χ0n) is 14.2. The predicted octanol–water partition coefficient (Wildman–Crippen LogP) is 2.66. The van der Waals surface area contributed by atoms with Crippen molar-refractivity contribution in [2.45, 2.75) is 45.1 Å². The van der Waals surface area contributed by atoms with E-state index in [0.29, 0.717) is 31.0 Å². The first-order valence-electron chi connectivity index (χ1n) is 8.75. The molecule has 1 amide bonds. The number of carbonyl (C=O) groups is 1. The van der Waals surface area contributed by atoms with E-state index >= 15 is 0 Å². The summed E-state index contributed by atoms with van der Waals surface area (Å²) in [6.45, 7) is 2.98. The predicted molar refractivity (Wildman–Crippen MR) is 88.3 cm³/mol. The molecule has 2 aromatic rings. The molecular weight excluding hydrogens is 322 g/mol. The van der Waals surface area contributed by atoms with Crippen molar-refractivity contribution in [3.8, 4) is 11.5 Å². The molecule has 7 heteroatoms. The van der Waals surface area contributed by atoms with Gasteiger partial charge in [0.05, 0.1) is 6.04 Å². The zero-order valence-corrected chi connectivity index (χ0v) is 14.2. The van der Waals surface area contributed by atoms with Gasteiger partial charge in [-0.25, -0.2) is 0 Å². The second-order valence-corrected chi connectivity index (χ2v) is 6.33. The lowest BCUT2D eigenvalue weighted by molar-refractivity contribution is -0.132. The van der Waals surface area contributed by atoms with Crippen LogP contribution in [0.15, 0.2) is 22.7 Å². The lowest BCUT2D eigenvalue weighted by Gasteiger charge is -2.22. The number of rotatable bonds is 5. The van der Waals surface area contributed by atoms with Crippen molar-refractivity contribution in [2.24, 2.45) is 0 Å². The third kappa shape index (κ3) is 3.18. The molecule has 0 aliphatic carbocycles. The van der Waals surface area contributed by atoms with Crippen LogP contribution in [0, 0.1) is 0 Å². The molecule has 25 heavy (non-hydrogen) atoms. The van der Waals surface area contributed by atoms with Gasteiger partial charge in [0.2, 0.25) is 18.6 Å². The van der Waals surface area contributed by atoms with Crippen molar-refractivity contribution in [3.05, 3.63) is 35.5 Å². The first-order chi connectivity index (χ1) is 12.2. The second kappa shape index (κ2) is 6.74. The van der Waals surface area contributed by atoms with Crippen LogP contribution in [0.5, 0.6) is 11.5 Å². The van der Waals surface area contributed by atoms with Crippen LogP contribution in [0.3, 0.4) is 0 Å². The summed E-state index contributed by atoms with van der Waals surface area (Å²) in [7, 11) is 0. The van der Waals surface area contributed by atoms with Crippen LogP contribution in [0.25, 0.3) is 0 Å². The van der Waals surface area contributed by atoms with Gasteiger partial charge >= 0.3 is 0 Å². The topological polar surface area (TPSA) is 77.7 Å². The van der Waals surface area contributed by atoms with Crippen LogP contribution in [0.4, 0.5) is 0 Å². The number of likely N-dealkylation sites (tertiary alicyclic amines) is 1. The van der Waals surface area contributed by atoms with E-state index in [0.717, 1.165) is 36.4 Å². The number of hydrogen-bond acceptors (Lipinski definition) is 6. The fraction of sp³-hybridized carbons (Fsp3) is 0.500. The Morgan fingerprint density at radius 1 is 1.32 bits per heavy atom. The molecule has 1 atom stereocenters. The fourth-order valence-corrected chi connectivity index (χ4v) is 3.37. The quantitative estimate of drug-likeness (QED) is 0.830. The van der Waals surface area contributed by atoms with E-state index in [4.69, 9.17) is 14.0 Å². The Morgan fingerprint density at radius 2 is 2.20 bits per heavy atom. The second-order valence-electron chi connectivity index (χ2n) is 6.33. The molecule has 4 rings (SSSR count). The number of carbonyl (C=O) groups excluding carboxylic acids is 1. The lowest BCUT2D eigenvalue weighted by Crippen LogP contribution is -2.31. The third-order valence-electron chi connectivity index (χ3n) is 4.72. The molecule has 1 aromatic carbocycles. The monoisotopic (exact) mass is 343 g/mol. The lowest BCUT2D eigenvalue weighted by atomic mass is 10.1. The van der Waals surface area contributed by atoms with Gasteiger partial charge in [0, 0.05) is 19.4 Å². The van der Waals surface area contributed by atoms with E-state index in [-0.39, 0.29) is 18.7 Å². The van der Waals surface area contributed by atoms with Gasteiger partial charge in [-0.15, -0.1) is 0 Å². The Hall–Kier alpha value is -2.57. The largest absolute Gasteiger partial charge is 0.454 e. The number of ether oxygens (including phenoxy) is 2. The number of fused-ring (bicyclic) bond motifs is 1. The molecule has 0 spiro atoms. The van der Waals surface area contributed by atoms with Gasteiger partial charge in [-0.05, 0) is 37.0 Å². The van der Waals surface area contributed by atoms with Crippen LogP contribution in [0.1, 0.15) is 49.5 Å². The van der Waals surface area contributed by atoms with Gasteiger partial charge in [-0.1, -0.05) is 18.1 Å². The SMILES string of the molecule is CCc1nc([C@H]2CCCN2C(=O)CCc2ccc3c(c2)OCO3)no1. The molecule has 0 bridgehead atoms. The number of aromatic nitrogens is 2. The van der Waals surface area contributed by atoms with Crippen molar-refractivity contribution < 1.29 is 18.8 Å². The van der Waals surface area contributed by atoms with Gasteiger partial charge in [0.25, 0.3) is 0 Å². The van der Waals surface area contributed by atoms with Crippen molar-refractivity contribution >= 4 is 5.91 Å². The number of aryl methyl sites for hydroxylation is 2. The summed E-state index contributed by atoms with van der Waals surface area (Å²) in [6.07, 6.45) is 3.69. The van der Waals surface area contributed by atoms with Gasteiger partial charge in [-0.3, -0.25) is 4.79 Å². The standard InChI is InChI=1S/C18H21N3O4/c1-2-16-19-18(20-25-16)13-4-3-9-21(13)17(22)8-6-12-5-7-14-15(10-12)24-11-23-14/h5,7,10,13H,2-4,6,8-9,11H2,1H3/t13-/m1/s1. The molecule has 0 N–H and O–H groups in total. The Balaban J connectivity index is 1.40. The average Bonchev–Trinajstić information content (AvgIpc) is 3.38. The van der Waals surface area contributed by atoms with Gasteiger partial charge < -0.3 is 18.9 Å². The van der Waals surface area contributed by atoms with E-state index in [1.165, 1.54) is 0 Å². The molecule has 132 valence electrons. The van der Waals surface area contributed by atoms with Gasteiger partial charge in [-0.2, -0.15) is 4.98 Å². The Labute approximate surface area is 145 Å². The van der Waals surface area contributed by atoms with Crippen molar-refractivity contribution in [1.29, 1.82) is 0 Å². The maximum atomic E-state index is 12.7. The molecule has 7 nitrogen and oxygen atoms in total. The molecule has 2 aliphatic heterocycles. The van der Waals surface area contributed by atoms with Crippen molar-refractivity contribution in [3.63, 3.8) is 0 Å². The minimum Gasteiger partial charge on any atom is -0.454 e. The first-order valence-corrected chi connectivity index (χ1v) is 8.75. The first kappa shape index (κ1) is 15.9. The highest BCUT2D eigenvalue weighted by atomic mass is 16.7. The van der Waals surface area contributed by atoms with Crippen LogP contribution in [-0.2, 0) is 17.6 Å². The van der Waals surface area contributed by atoms with E-state index in [2.05, 4.69) is 10.1 Å². The van der Waals surface area contributed by atoms with Crippen LogP contribution in [-0.4, -0.2) is 34.3 Å². The van der Waals surface area contributed by atoms with Crippen LogP contribution in [0.2, 0.25) is 0 Å². The van der Waals surface area contributed by atoms with Gasteiger partial charge in [0.15, 0.2) is 17.3 Å². The Kier molecular flexibility index (Phi) is 4.29. The molecule has 1 aromatic heterocycles. The molecule has 3 heterocycles. The summed E-state index contributed by atoms with van der Waals surface area (Å²) < 4.78 is 15.9. The number of hydrogen-bond donors (Lipinski definition) is 0. The van der Waals surface area contributed by atoms with E-state index < -0.39 is 0 Å². The third-order valence-corrected chi connectivity index (χ3v) is 4.72. The average molecular weight is 343 g/mol. The summed E-state index contributed by atoms with van der Waals surface area (Å²) in [5, 5.41) is 4.05. The highest BCUT2D eigenvalue weighted by molar-refractivity contribution is 5.77. The van der Waals surface area contributed by atoms with Gasteiger partial charge in [0.1, 0.15) is 0 Å². The Morgan fingerprint density at radius 3 is 3.04 bits per heavy atom. The maximum Gasteiger partial charge on any atom is 0.231 e. The van der Waals surface area contributed by atoms with Crippen molar-refractivity contribution in [1.82, 2.24) is 15.0 Å². The smallest absolute Gasteiger partial charge is 0.231 e. The summed E-state index contributed by atoms with van der Waals surface area (Å²) in [4.78, 5) is 19.0. The number of amides is 1. The number of nitrogens with zero attached hydrogens (tertiary/aromatic N) is 3. The maximum absolute atomic E-state index is 12.7. The summed E-state index contributed by atoms with van der Waals surface area (Å²) in [5.41, 5.74) is 1.07. The van der Waals surface area contributed by atoms with E-state index in [9.17, 15) is 4.79 Å². The number of benzene rings is 1. The van der Waals surface area contributed by atoms with E-state index in [1.54, 1.807) is 0 Å². The zero-order chi connectivity index (χ0) is 17.2. The highest BCUT2D eigenvalue weighted by Gasteiger charge is 2.33. The molecule has 0 unspecified atom stereocenters. The highest BCUT2D eigenvalue weighted by Crippen LogP contribution is 2.34. The molecular formula is C18H21N3O4. The molecule has 0 saturated carbocycles. The Bertz CT molecular complexity index is 773. The molecule has 0 radical (unpaired) electrons. The van der Waals surface area contributed by atoms with E-state index in [1.807, 2.05) is 30.0 Å². The van der Waals surface area contributed by atoms with Crippen LogP contribution < -0.4 is 9.47 Å². The summed E-state index contributed by atoms with van der Waals surface area (Å²) >= 11 is 0. The van der Waals surface area contributed by atoms with Crippen LogP contribution >= 0.6 is 0 Å². The fourth-order valence-electron chi connectivity index (χ4n) is 3.37. The normalized spacial score (nSPS) is 18.8. The minimum absolute atomic E-state index is 0.0618. The van der Waals surface area contributed by atoms with Crippen molar-refractivity contribution in [2.75, 3.05) is 13.3 Å². The summed E-state index contributed by atoms with van der Waals surface area (Å²) in [6, 6.07) is 5.76.